The molecule has 0 unspecified atom stereocenters. The van der Waals surface area contributed by atoms with Crippen LogP contribution in [0, 0.1) is 19.8 Å². The molecule has 1 aromatic rings. The van der Waals surface area contributed by atoms with Crippen LogP contribution in [0.5, 0.6) is 0 Å². The van der Waals surface area contributed by atoms with Crippen molar-refractivity contribution in [3.8, 4) is 0 Å². The molecule has 188 valence electrons. The number of nitrogens with one attached hydrogen (secondary N) is 2. The van der Waals surface area contributed by atoms with Crippen LogP contribution < -0.4 is 5.32 Å². The Morgan fingerprint density at radius 3 is 2.56 bits per heavy atom. The second kappa shape index (κ2) is 11.3. The standard InChI is InChI=1S/C23H36N6O4S/c1-5-11-24-18(4)25-23(31)20(14-19-9-7-6-8-10-19)29-13-12-28(15-21(29)30)34(32,33)22-16(2)26-27-17(22)3/h5,11,19-20H,6-10,12-15H2,1-4H3,(H,26,27)(H,24,25,31)/b11-5-/t20-/m0/s1. The van der Waals surface area contributed by atoms with Crippen LogP contribution >= 0.6 is 0 Å². The van der Waals surface area contributed by atoms with Gasteiger partial charge in [0.05, 0.1) is 17.9 Å². The number of amidine groups is 1. The molecule has 0 radical (unpaired) electrons. The molecular formula is C23H36N6O4S. The highest BCUT2D eigenvalue weighted by atomic mass is 32.2. The van der Waals surface area contributed by atoms with Crippen molar-refractivity contribution >= 4 is 27.7 Å². The van der Waals surface area contributed by atoms with Crippen LogP contribution in [0.3, 0.4) is 0 Å². The van der Waals surface area contributed by atoms with Crippen molar-refractivity contribution in [3.63, 3.8) is 0 Å². The Labute approximate surface area is 201 Å². The fourth-order valence-electron chi connectivity index (χ4n) is 4.84. The fourth-order valence-corrected chi connectivity index (χ4v) is 6.56. The van der Waals surface area contributed by atoms with Gasteiger partial charge in [0.15, 0.2) is 0 Å². The van der Waals surface area contributed by atoms with Gasteiger partial charge >= 0.3 is 0 Å². The number of H-pyrrole nitrogens is 1. The van der Waals surface area contributed by atoms with Crippen molar-refractivity contribution in [3.05, 3.63) is 23.7 Å². The van der Waals surface area contributed by atoms with Gasteiger partial charge < -0.3 is 10.2 Å². The van der Waals surface area contributed by atoms with Crippen molar-refractivity contribution in [1.82, 2.24) is 24.7 Å². The first kappa shape index (κ1) is 26.1. The van der Waals surface area contributed by atoms with E-state index in [-0.39, 0.29) is 36.3 Å². The zero-order chi connectivity index (χ0) is 24.9. The van der Waals surface area contributed by atoms with Gasteiger partial charge in [0.25, 0.3) is 0 Å². The molecule has 2 N–H and O–H groups in total. The number of hydrogen-bond acceptors (Lipinski definition) is 6. The van der Waals surface area contributed by atoms with Crippen molar-refractivity contribution in [2.24, 2.45) is 10.9 Å². The lowest BCUT2D eigenvalue weighted by Gasteiger charge is -2.39. The van der Waals surface area contributed by atoms with Crippen LogP contribution in [0.15, 0.2) is 22.2 Å². The lowest BCUT2D eigenvalue weighted by atomic mass is 9.84. The number of aliphatic imine (C=N–C) groups is 1. The number of nitrogens with zero attached hydrogens (tertiary/aromatic N) is 4. The number of allylic oxidation sites excluding steroid dienone is 1. The molecule has 1 aliphatic heterocycles. The molecule has 11 heteroatoms. The molecule has 2 aliphatic rings. The zero-order valence-corrected chi connectivity index (χ0v) is 21.3. The van der Waals surface area contributed by atoms with E-state index < -0.39 is 16.1 Å². The van der Waals surface area contributed by atoms with E-state index in [1.54, 1.807) is 37.9 Å². The first-order chi connectivity index (χ1) is 16.1. The van der Waals surface area contributed by atoms with Crippen molar-refractivity contribution < 1.29 is 18.0 Å². The minimum atomic E-state index is -3.87. The van der Waals surface area contributed by atoms with E-state index in [0.717, 1.165) is 25.7 Å². The van der Waals surface area contributed by atoms with Gasteiger partial charge in [-0.3, -0.25) is 14.7 Å². The van der Waals surface area contributed by atoms with Gasteiger partial charge in [0.2, 0.25) is 21.8 Å². The monoisotopic (exact) mass is 492 g/mol. The van der Waals surface area contributed by atoms with Crippen LogP contribution in [0.25, 0.3) is 0 Å². The van der Waals surface area contributed by atoms with E-state index in [0.29, 0.717) is 29.6 Å². The van der Waals surface area contributed by atoms with Crippen molar-refractivity contribution in [2.75, 3.05) is 19.6 Å². The molecule has 0 spiro atoms. The predicted octanol–water partition coefficient (Wildman–Crippen LogP) is 2.27. The molecule has 1 saturated heterocycles. The summed E-state index contributed by atoms with van der Waals surface area (Å²) in [6.45, 7) is 6.79. The maximum atomic E-state index is 13.2. The molecule has 10 nitrogen and oxygen atoms in total. The van der Waals surface area contributed by atoms with E-state index >= 15 is 0 Å². The first-order valence-electron chi connectivity index (χ1n) is 11.9. The van der Waals surface area contributed by atoms with Gasteiger partial charge in [-0.25, -0.2) is 13.4 Å². The third-order valence-corrected chi connectivity index (χ3v) is 8.67. The van der Waals surface area contributed by atoms with Crippen LogP contribution in [0.2, 0.25) is 0 Å². The molecule has 2 fully saturated rings. The van der Waals surface area contributed by atoms with Gasteiger partial charge in [-0.2, -0.15) is 9.40 Å². The number of piperazine rings is 1. The molecule has 34 heavy (non-hydrogen) atoms. The van der Waals surface area contributed by atoms with Gasteiger partial charge in [0.1, 0.15) is 16.8 Å². The molecule has 2 heterocycles. The maximum Gasteiger partial charge on any atom is 0.248 e. The SMILES string of the molecule is C/C=C\N=C(C)NC(=O)[C@H](CC1CCCCC1)N1CCN(S(=O)(=O)c2c(C)n[nH]c2C)CC1=O. The van der Waals surface area contributed by atoms with Crippen LogP contribution in [-0.2, 0) is 19.6 Å². The Morgan fingerprint density at radius 1 is 1.26 bits per heavy atom. The molecular weight excluding hydrogens is 456 g/mol. The Balaban J connectivity index is 1.78. The Kier molecular flexibility index (Phi) is 8.64. The molecule has 3 rings (SSSR count). The summed E-state index contributed by atoms with van der Waals surface area (Å²) in [5, 5.41) is 9.50. The number of carbonyl (C=O) groups excluding carboxylic acids is 2. The molecule has 1 aromatic heterocycles. The number of amides is 2. The van der Waals surface area contributed by atoms with Crippen LogP contribution in [-0.4, -0.2) is 71.1 Å². The normalized spacial score (nSPS) is 20.2. The molecule has 1 saturated carbocycles. The smallest absolute Gasteiger partial charge is 0.248 e. The minimum absolute atomic E-state index is 0.112. The highest BCUT2D eigenvalue weighted by molar-refractivity contribution is 7.89. The number of aromatic nitrogens is 2. The largest absolute Gasteiger partial charge is 0.328 e. The van der Waals surface area contributed by atoms with Gasteiger partial charge in [0, 0.05) is 19.3 Å². The molecule has 1 aliphatic carbocycles. The minimum Gasteiger partial charge on any atom is -0.328 e. The number of aryl methyl sites for hydroxylation is 2. The summed E-state index contributed by atoms with van der Waals surface area (Å²) in [4.78, 5) is 32.3. The maximum absolute atomic E-state index is 13.2. The molecule has 1 atom stereocenters. The molecule has 0 aromatic carbocycles. The Morgan fingerprint density at radius 2 is 1.97 bits per heavy atom. The van der Waals surface area contributed by atoms with Crippen molar-refractivity contribution in [1.29, 1.82) is 0 Å². The average Bonchev–Trinajstić information content (AvgIpc) is 3.15. The Bertz CT molecular complexity index is 1040. The van der Waals surface area contributed by atoms with Gasteiger partial charge in [-0.15, -0.1) is 0 Å². The summed E-state index contributed by atoms with van der Waals surface area (Å²) < 4.78 is 27.6. The summed E-state index contributed by atoms with van der Waals surface area (Å²) >= 11 is 0. The quantitative estimate of drug-likeness (QED) is 0.446. The van der Waals surface area contributed by atoms with Crippen LogP contribution in [0.4, 0.5) is 0 Å². The second-order valence-electron chi connectivity index (χ2n) is 9.13. The number of aromatic amines is 1. The summed E-state index contributed by atoms with van der Waals surface area (Å²) in [6.07, 6.45) is 9.47. The van der Waals surface area contributed by atoms with E-state index in [4.69, 9.17) is 0 Å². The average molecular weight is 493 g/mol. The number of carbonyl (C=O) groups is 2. The third-order valence-electron chi connectivity index (χ3n) is 6.56. The summed E-state index contributed by atoms with van der Waals surface area (Å²) in [5.74, 6) is 0.175. The third kappa shape index (κ3) is 5.93. The topological polar surface area (TPSA) is 128 Å². The molecule has 0 bridgehead atoms. The van der Waals surface area contributed by atoms with Gasteiger partial charge in [-0.05, 0) is 40.0 Å². The molecule has 2 amide bonds. The lowest BCUT2D eigenvalue weighted by Crippen LogP contribution is -2.59. The zero-order valence-electron chi connectivity index (χ0n) is 20.5. The number of rotatable bonds is 7. The lowest BCUT2D eigenvalue weighted by molar-refractivity contribution is -0.143. The van der Waals surface area contributed by atoms with E-state index in [9.17, 15) is 18.0 Å². The summed E-state index contributed by atoms with van der Waals surface area (Å²) in [7, 11) is -3.87. The van der Waals surface area contributed by atoms with E-state index in [2.05, 4.69) is 20.5 Å². The summed E-state index contributed by atoms with van der Waals surface area (Å²) in [5.41, 5.74) is 0.815. The highest BCUT2D eigenvalue weighted by Crippen LogP contribution is 2.30. The fraction of sp³-hybridized carbons (Fsp3) is 0.652. The summed E-state index contributed by atoms with van der Waals surface area (Å²) in [6, 6.07) is -0.659. The van der Waals surface area contributed by atoms with E-state index in [1.807, 2.05) is 6.92 Å². The number of sulfonamides is 1. The van der Waals surface area contributed by atoms with E-state index in [1.165, 1.54) is 10.7 Å². The second-order valence-corrected chi connectivity index (χ2v) is 11.0. The number of hydrogen-bond donors (Lipinski definition) is 2. The first-order valence-corrected chi connectivity index (χ1v) is 13.4. The predicted molar refractivity (Wildman–Crippen MR) is 130 cm³/mol. The highest BCUT2D eigenvalue weighted by Gasteiger charge is 2.40. The van der Waals surface area contributed by atoms with Gasteiger partial charge in [-0.1, -0.05) is 38.2 Å². The van der Waals surface area contributed by atoms with Crippen LogP contribution in [0.1, 0.15) is 63.8 Å². The Hall–Kier alpha value is -2.53. The van der Waals surface area contributed by atoms with Crippen molar-refractivity contribution in [2.45, 2.75) is 77.2 Å².